The minimum atomic E-state index is -1.23. The molecule has 1 atom stereocenters. The third-order valence-corrected chi connectivity index (χ3v) is 6.07. The van der Waals surface area contributed by atoms with Gasteiger partial charge in [-0.05, 0) is 54.8 Å². The van der Waals surface area contributed by atoms with E-state index in [9.17, 15) is 19.5 Å². The number of nitrogens with zero attached hydrogens (tertiary/aromatic N) is 2. The number of carbonyl (C=O) groups is 3. The third kappa shape index (κ3) is 5.88. The normalized spacial score (nSPS) is 11.4. The van der Waals surface area contributed by atoms with Crippen LogP contribution >= 0.6 is 23.2 Å². The maximum atomic E-state index is 13.1. The van der Waals surface area contributed by atoms with Crippen LogP contribution in [0.1, 0.15) is 37.4 Å². The van der Waals surface area contributed by atoms with E-state index in [1.54, 1.807) is 30.3 Å². The zero-order valence-corrected chi connectivity index (χ0v) is 20.6. The van der Waals surface area contributed by atoms with Crippen molar-refractivity contribution in [1.82, 2.24) is 5.32 Å². The lowest BCUT2D eigenvalue weighted by Crippen LogP contribution is -2.42. The molecule has 3 aromatic rings. The fourth-order valence-electron chi connectivity index (χ4n) is 3.67. The molecule has 0 radical (unpaired) electrons. The molecule has 9 heteroatoms. The average Bonchev–Trinajstić information content (AvgIpc) is 2.80. The Hall–Kier alpha value is -3.68. The number of carboxylic acid groups (broad SMARTS) is 1. The second-order valence-electron chi connectivity index (χ2n) is 7.86. The van der Waals surface area contributed by atoms with Crippen molar-refractivity contribution < 1.29 is 19.5 Å². The zero-order chi connectivity index (χ0) is 25.7. The minimum Gasteiger partial charge on any atom is -0.480 e. The SMILES string of the molecule is C=NN(C(=O)c1c(C)cccc1C)c1ccc(C[C@H](NC(=O)c2c(Cl)cccc2Cl)C(=O)O)cc1. The summed E-state index contributed by atoms with van der Waals surface area (Å²) in [5.41, 5.74) is 3.27. The van der Waals surface area contributed by atoms with E-state index in [-0.39, 0.29) is 27.9 Å². The molecule has 0 saturated carbocycles. The van der Waals surface area contributed by atoms with E-state index in [1.165, 1.54) is 17.1 Å². The summed E-state index contributed by atoms with van der Waals surface area (Å²) in [6, 6.07) is 15.5. The van der Waals surface area contributed by atoms with E-state index in [4.69, 9.17) is 23.2 Å². The van der Waals surface area contributed by atoms with Crippen molar-refractivity contribution in [2.45, 2.75) is 26.3 Å². The number of anilines is 1. The Bertz CT molecular complexity index is 1250. The van der Waals surface area contributed by atoms with Gasteiger partial charge in [-0.3, -0.25) is 9.59 Å². The van der Waals surface area contributed by atoms with Gasteiger partial charge in [-0.15, -0.1) is 0 Å². The molecule has 0 heterocycles. The molecule has 2 amide bonds. The van der Waals surface area contributed by atoms with Gasteiger partial charge in [0.05, 0.1) is 21.3 Å². The van der Waals surface area contributed by atoms with Gasteiger partial charge in [0.1, 0.15) is 6.04 Å². The lowest BCUT2D eigenvalue weighted by Gasteiger charge is -2.20. The molecule has 0 unspecified atom stereocenters. The number of hydrazone groups is 1. The molecule has 3 aromatic carbocycles. The standard InChI is InChI=1S/C26H23Cl2N3O4/c1-15-6-4-7-16(2)22(15)25(33)31(29-3)18-12-10-17(11-13-18)14-21(26(34)35)30-24(32)23-19(27)8-5-9-20(23)28/h4-13,21H,3,14H2,1-2H3,(H,30,32)(H,34,35)/t21-/m0/s1. The van der Waals surface area contributed by atoms with Crippen LogP contribution in [-0.2, 0) is 11.2 Å². The van der Waals surface area contributed by atoms with E-state index >= 15 is 0 Å². The van der Waals surface area contributed by atoms with E-state index in [2.05, 4.69) is 17.1 Å². The second kappa shape index (κ2) is 11.2. The first kappa shape index (κ1) is 25.9. The highest BCUT2D eigenvalue weighted by atomic mass is 35.5. The number of hydrogen-bond acceptors (Lipinski definition) is 4. The van der Waals surface area contributed by atoms with E-state index in [1.807, 2.05) is 32.0 Å². The molecule has 0 aliphatic rings. The number of aliphatic carboxylic acids is 1. The summed E-state index contributed by atoms with van der Waals surface area (Å²) in [6.45, 7) is 7.22. The summed E-state index contributed by atoms with van der Waals surface area (Å²) in [5.74, 6) is -2.23. The summed E-state index contributed by atoms with van der Waals surface area (Å²) in [6.07, 6.45) is -0.00418. The van der Waals surface area contributed by atoms with Crippen LogP contribution in [0.3, 0.4) is 0 Å². The molecule has 2 N–H and O–H groups in total. The van der Waals surface area contributed by atoms with Crippen molar-refractivity contribution in [3.05, 3.63) is 98.5 Å². The highest BCUT2D eigenvalue weighted by Gasteiger charge is 2.25. The number of halogens is 2. The Morgan fingerprint density at radius 1 is 0.943 bits per heavy atom. The fourth-order valence-corrected chi connectivity index (χ4v) is 4.24. The molecule has 0 fully saturated rings. The summed E-state index contributed by atoms with van der Waals surface area (Å²) >= 11 is 12.1. The average molecular weight is 512 g/mol. The van der Waals surface area contributed by atoms with Crippen LogP contribution in [-0.4, -0.2) is 35.6 Å². The summed E-state index contributed by atoms with van der Waals surface area (Å²) < 4.78 is 0. The van der Waals surface area contributed by atoms with Crippen LogP contribution in [0.5, 0.6) is 0 Å². The number of nitrogens with one attached hydrogen (secondary N) is 1. The van der Waals surface area contributed by atoms with Crippen LogP contribution in [0, 0.1) is 13.8 Å². The number of carboxylic acids is 1. The Morgan fingerprint density at radius 3 is 2.00 bits per heavy atom. The maximum Gasteiger partial charge on any atom is 0.326 e. The summed E-state index contributed by atoms with van der Waals surface area (Å²) in [4.78, 5) is 37.6. The predicted octanol–water partition coefficient (Wildman–Crippen LogP) is 5.30. The fraction of sp³-hybridized carbons (Fsp3) is 0.154. The molecule has 0 spiro atoms. The number of aryl methyl sites for hydroxylation is 2. The first-order chi connectivity index (χ1) is 16.6. The Kier molecular flexibility index (Phi) is 8.27. The number of rotatable bonds is 8. The van der Waals surface area contributed by atoms with Crippen LogP contribution in [0.4, 0.5) is 5.69 Å². The van der Waals surface area contributed by atoms with Crippen LogP contribution in [0.2, 0.25) is 10.0 Å². The van der Waals surface area contributed by atoms with Crippen molar-refractivity contribution >= 4 is 53.4 Å². The zero-order valence-electron chi connectivity index (χ0n) is 19.1. The molecule has 0 aliphatic carbocycles. The first-order valence-electron chi connectivity index (χ1n) is 10.6. The van der Waals surface area contributed by atoms with Crippen molar-refractivity contribution in [2.24, 2.45) is 5.10 Å². The van der Waals surface area contributed by atoms with Gasteiger partial charge >= 0.3 is 5.97 Å². The quantitative estimate of drug-likeness (QED) is 0.316. The lowest BCUT2D eigenvalue weighted by atomic mass is 10.0. The van der Waals surface area contributed by atoms with Gasteiger partial charge < -0.3 is 10.4 Å². The van der Waals surface area contributed by atoms with Crippen molar-refractivity contribution in [1.29, 1.82) is 0 Å². The Balaban J connectivity index is 1.79. The molecule has 0 aromatic heterocycles. The monoisotopic (exact) mass is 511 g/mol. The molecule has 0 aliphatic heterocycles. The maximum absolute atomic E-state index is 13.1. The van der Waals surface area contributed by atoms with Gasteiger partial charge in [0.2, 0.25) is 0 Å². The second-order valence-corrected chi connectivity index (χ2v) is 8.67. The number of carbonyl (C=O) groups excluding carboxylic acids is 2. The smallest absolute Gasteiger partial charge is 0.326 e. The molecule has 0 saturated heterocycles. The number of amides is 2. The van der Waals surface area contributed by atoms with Crippen LogP contribution < -0.4 is 10.3 Å². The summed E-state index contributed by atoms with van der Waals surface area (Å²) in [5, 5.41) is 17.4. The van der Waals surface area contributed by atoms with Crippen molar-refractivity contribution in [3.63, 3.8) is 0 Å². The topological polar surface area (TPSA) is 99.1 Å². The van der Waals surface area contributed by atoms with Gasteiger partial charge in [-0.25, -0.2) is 4.79 Å². The highest BCUT2D eigenvalue weighted by Crippen LogP contribution is 2.25. The minimum absolute atomic E-state index is 0.00418. The number of benzene rings is 3. The Morgan fingerprint density at radius 2 is 1.49 bits per heavy atom. The molecule has 35 heavy (non-hydrogen) atoms. The number of hydrogen-bond donors (Lipinski definition) is 2. The molecular formula is C26H23Cl2N3O4. The Labute approximate surface area is 213 Å². The predicted molar refractivity (Wildman–Crippen MR) is 138 cm³/mol. The molecule has 0 bridgehead atoms. The largest absolute Gasteiger partial charge is 0.480 e. The van der Waals surface area contributed by atoms with Crippen molar-refractivity contribution in [3.8, 4) is 0 Å². The third-order valence-electron chi connectivity index (χ3n) is 5.44. The van der Waals surface area contributed by atoms with Gasteiger partial charge in [0.25, 0.3) is 11.8 Å². The van der Waals surface area contributed by atoms with Gasteiger partial charge in [-0.2, -0.15) is 10.1 Å². The molecule has 180 valence electrons. The van der Waals surface area contributed by atoms with Crippen molar-refractivity contribution in [2.75, 3.05) is 5.01 Å². The van der Waals surface area contributed by atoms with E-state index in [0.717, 1.165) is 11.1 Å². The van der Waals surface area contributed by atoms with E-state index in [0.29, 0.717) is 16.8 Å². The van der Waals surface area contributed by atoms with Crippen LogP contribution in [0.15, 0.2) is 65.8 Å². The van der Waals surface area contributed by atoms with Gasteiger partial charge in [0, 0.05) is 18.7 Å². The van der Waals surface area contributed by atoms with Crippen LogP contribution in [0.25, 0.3) is 0 Å². The van der Waals surface area contributed by atoms with Gasteiger partial charge in [0.15, 0.2) is 0 Å². The summed E-state index contributed by atoms with van der Waals surface area (Å²) in [7, 11) is 0. The molecular weight excluding hydrogens is 489 g/mol. The molecule has 7 nitrogen and oxygen atoms in total. The van der Waals surface area contributed by atoms with Gasteiger partial charge in [-0.1, -0.05) is 59.6 Å². The molecule has 3 rings (SSSR count). The highest BCUT2D eigenvalue weighted by molar-refractivity contribution is 6.39. The van der Waals surface area contributed by atoms with E-state index < -0.39 is 17.9 Å². The lowest BCUT2D eigenvalue weighted by molar-refractivity contribution is -0.139. The first-order valence-corrected chi connectivity index (χ1v) is 11.3.